The minimum absolute atomic E-state index is 0.287. The van der Waals surface area contributed by atoms with Crippen molar-refractivity contribution in [3.63, 3.8) is 0 Å². The molecule has 1 aliphatic heterocycles. The molecule has 2 aromatic rings. The van der Waals surface area contributed by atoms with E-state index in [1.807, 2.05) is 24.5 Å². The molecule has 4 heteroatoms. The fraction of sp³-hybridized carbons (Fsp3) is 0.259. The summed E-state index contributed by atoms with van der Waals surface area (Å²) in [4.78, 5) is 18.0. The van der Waals surface area contributed by atoms with E-state index in [0.717, 1.165) is 44.5 Å². The molecule has 1 heterocycles. The van der Waals surface area contributed by atoms with E-state index in [1.54, 1.807) is 6.08 Å². The van der Waals surface area contributed by atoms with Crippen molar-refractivity contribution in [3.8, 4) is 0 Å². The SMILES string of the molecule is O=C(/C=C/c1ccc(CN(CCC2=CCc3ccccc32)CC2=CN=CC2)cc1)CO. The number of allylic oxidation sites excluding steroid dienone is 1. The lowest BCUT2D eigenvalue weighted by Crippen LogP contribution is -2.27. The largest absolute Gasteiger partial charge is 0.388 e. The maximum absolute atomic E-state index is 11.3. The van der Waals surface area contributed by atoms with Gasteiger partial charge in [-0.1, -0.05) is 60.7 Å². The van der Waals surface area contributed by atoms with Crippen LogP contribution in [-0.4, -0.2) is 41.7 Å². The topological polar surface area (TPSA) is 52.9 Å². The summed E-state index contributed by atoms with van der Waals surface area (Å²) in [5, 5.41) is 8.83. The molecule has 1 aliphatic carbocycles. The minimum atomic E-state index is -0.454. The number of aliphatic hydroxyl groups is 1. The van der Waals surface area contributed by atoms with Crippen molar-refractivity contribution in [1.82, 2.24) is 4.90 Å². The molecule has 0 spiro atoms. The zero-order valence-corrected chi connectivity index (χ0v) is 17.7. The molecule has 4 nitrogen and oxygen atoms in total. The zero-order valence-electron chi connectivity index (χ0n) is 17.7. The summed E-state index contributed by atoms with van der Waals surface area (Å²) in [7, 11) is 0. The van der Waals surface area contributed by atoms with Gasteiger partial charge in [-0.25, -0.2) is 0 Å². The van der Waals surface area contributed by atoms with Gasteiger partial charge in [0.05, 0.1) is 0 Å². The Balaban J connectivity index is 1.40. The minimum Gasteiger partial charge on any atom is -0.388 e. The number of carbonyl (C=O) groups is 1. The predicted octanol–water partition coefficient (Wildman–Crippen LogP) is 4.45. The van der Waals surface area contributed by atoms with Gasteiger partial charge >= 0.3 is 0 Å². The van der Waals surface area contributed by atoms with Gasteiger partial charge in [-0.3, -0.25) is 14.7 Å². The second-order valence-electron chi connectivity index (χ2n) is 8.07. The van der Waals surface area contributed by atoms with Crippen molar-refractivity contribution in [1.29, 1.82) is 0 Å². The molecule has 2 aromatic carbocycles. The van der Waals surface area contributed by atoms with Crippen molar-refractivity contribution < 1.29 is 9.90 Å². The van der Waals surface area contributed by atoms with E-state index < -0.39 is 6.61 Å². The number of rotatable bonds is 10. The smallest absolute Gasteiger partial charge is 0.181 e. The van der Waals surface area contributed by atoms with Crippen LogP contribution >= 0.6 is 0 Å². The van der Waals surface area contributed by atoms with Gasteiger partial charge in [0, 0.05) is 38.5 Å². The molecule has 0 radical (unpaired) electrons. The normalized spacial score (nSPS) is 14.9. The van der Waals surface area contributed by atoms with Gasteiger partial charge in [-0.05, 0) is 52.3 Å². The van der Waals surface area contributed by atoms with Crippen molar-refractivity contribution >= 4 is 23.6 Å². The van der Waals surface area contributed by atoms with Crippen molar-refractivity contribution in [2.24, 2.45) is 4.99 Å². The van der Waals surface area contributed by atoms with Gasteiger partial charge in [-0.2, -0.15) is 0 Å². The van der Waals surface area contributed by atoms with Gasteiger partial charge in [0.1, 0.15) is 6.61 Å². The molecule has 0 unspecified atom stereocenters. The van der Waals surface area contributed by atoms with E-state index in [9.17, 15) is 4.79 Å². The first-order chi connectivity index (χ1) is 15.2. The highest BCUT2D eigenvalue weighted by Crippen LogP contribution is 2.30. The quantitative estimate of drug-likeness (QED) is 0.587. The Morgan fingerprint density at radius 2 is 1.90 bits per heavy atom. The van der Waals surface area contributed by atoms with Gasteiger partial charge in [0.2, 0.25) is 0 Å². The lowest BCUT2D eigenvalue weighted by atomic mass is 10.0. The first-order valence-electron chi connectivity index (χ1n) is 10.8. The molecule has 0 bridgehead atoms. The molecular formula is C27H28N2O2. The molecule has 0 aromatic heterocycles. The average Bonchev–Trinajstić information content (AvgIpc) is 3.46. The standard InChI is InChI=1S/C27H28N2O2/c30-20-26(31)12-9-21-5-7-22(8-6-21)18-29(19-23-13-15-28-17-23)16-14-25-11-10-24-3-1-2-4-27(24)25/h1-9,11-12,15,17,30H,10,13-14,16,18-20H2/b12-9+. The average molecular weight is 413 g/mol. The van der Waals surface area contributed by atoms with E-state index in [1.165, 1.54) is 33.9 Å². The van der Waals surface area contributed by atoms with Crippen LogP contribution in [0.2, 0.25) is 0 Å². The summed E-state index contributed by atoms with van der Waals surface area (Å²) >= 11 is 0. The van der Waals surface area contributed by atoms with Gasteiger partial charge in [0.15, 0.2) is 5.78 Å². The van der Waals surface area contributed by atoms with E-state index in [-0.39, 0.29) is 5.78 Å². The monoisotopic (exact) mass is 412 g/mol. The second-order valence-corrected chi connectivity index (χ2v) is 8.07. The number of hydrogen-bond acceptors (Lipinski definition) is 4. The van der Waals surface area contributed by atoms with E-state index >= 15 is 0 Å². The van der Waals surface area contributed by atoms with Crippen LogP contribution < -0.4 is 0 Å². The lowest BCUT2D eigenvalue weighted by molar-refractivity contribution is -0.117. The number of ketones is 1. The molecule has 158 valence electrons. The van der Waals surface area contributed by atoms with Crippen LogP contribution in [0.1, 0.15) is 35.1 Å². The summed E-state index contributed by atoms with van der Waals surface area (Å²) in [6.07, 6.45) is 12.5. The number of carbonyl (C=O) groups excluding carboxylic acids is 1. The number of aliphatic hydroxyl groups excluding tert-OH is 1. The highest BCUT2D eigenvalue weighted by Gasteiger charge is 2.16. The van der Waals surface area contributed by atoms with Crippen LogP contribution in [0.25, 0.3) is 11.6 Å². The van der Waals surface area contributed by atoms with E-state index in [0.29, 0.717) is 0 Å². The summed E-state index contributed by atoms with van der Waals surface area (Å²) in [5.74, 6) is -0.287. The number of fused-ring (bicyclic) bond motifs is 1. The number of benzene rings is 2. The van der Waals surface area contributed by atoms with Crippen LogP contribution in [0.15, 0.2) is 77.4 Å². The lowest BCUT2D eigenvalue weighted by Gasteiger charge is -2.23. The Labute approximate surface area is 183 Å². The highest BCUT2D eigenvalue weighted by molar-refractivity contribution is 5.94. The van der Waals surface area contributed by atoms with Gasteiger partial charge < -0.3 is 5.11 Å². The predicted molar refractivity (Wildman–Crippen MR) is 127 cm³/mol. The summed E-state index contributed by atoms with van der Waals surface area (Å²) in [5.41, 5.74) is 7.83. The summed E-state index contributed by atoms with van der Waals surface area (Å²) < 4.78 is 0. The number of aliphatic imine (C=N–C) groups is 1. The van der Waals surface area contributed by atoms with E-state index in [2.05, 4.69) is 52.4 Å². The Morgan fingerprint density at radius 3 is 2.68 bits per heavy atom. The first-order valence-corrected chi connectivity index (χ1v) is 10.8. The maximum atomic E-state index is 11.3. The van der Waals surface area contributed by atoms with Crippen LogP contribution in [0, 0.1) is 0 Å². The first kappa shape index (κ1) is 21.2. The molecular weight excluding hydrogens is 384 g/mol. The Bertz CT molecular complexity index is 1050. The molecule has 1 N–H and O–H groups in total. The Kier molecular flexibility index (Phi) is 7.03. The zero-order chi connectivity index (χ0) is 21.5. The molecule has 4 rings (SSSR count). The fourth-order valence-corrected chi connectivity index (χ4v) is 4.09. The Morgan fingerprint density at radius 1 is 1.06 bits per heavy atom. The van der Waals surface area contributed by atoms with Gasteiger partial charge in [0.25, 0.3) is 0 Å². The summed E-state index contributed by atoms with van der Waals surface area (Å²) in [6, 6.07) is 17.0. The second kappa shape index (κ2) is 10.3. The molecule has 31 heavy (non-hydrogen) atoms. The molecule has 0 saturated carbocycles. The third-order valence-corrected chi connectivity index (χ3v) is 5.78. The molecule has 0 atom stereocenters. The van der Waals surface area contributed by atoms with Crippen molar-refractivity contribution in [3.05, 3.63) is 94.7 Å². The molecule has 0 fully saturated rings. The maximum Gasteiger partial charge on any atom is 0.181 e. The van der Waals surface area contributed by atoms with Crippen molar-refractivity contribution in [2.75, 3.05) is 19.7 Å². The van der Waals surface area contributed by atoms with Crippen molar-refractivity contribution in [2.45, 2.75) is 25.8 Å². The van der Waals surface area contributed by atoms with Gasteiger partial charge in [-0.15, -0.1) is 0 Å². The molecule has 0 amide bonds. The fourth-order valence-electron chi connectivity index (χ4n) is 4.09. The molecule has 0 saturated heterocycles. The van der Waals surface area contributed by atoms with Crippen LogP contribution in [0.3, 0.4) is 0 Å². The Hall–Kier alpha value is -3.08. The third kappa shape index (κ3) is 5.75. The highest BCUT2D eigenvalue weighted by atomic mass is 16.3. The third-order valence-electron chi connectivity index (χ3n) is 5.78. The molecule has 2 aliphatic rings. The van der Waals surface area contributed by atoms with Crippen LogP contribution in [0.4, 0.5) is 0 Å². The van der Waals surface area contributed by atoms with Crippen LogP contribution in [0.5, 0.6) is 0 Å². The van der Waals surface area contributed by atoms with E-state index in [4.69, 9.17) is 5.11 Å². The number of hydrogen-bond donors (Lipinski definition) is 1. The number of nitrogens with zero attached hydrogens (tertiary/aromatic N) is 2. The van der Waals surface area contributed by atoms with Crippen LogP contribution in [-0.2, 0) is 17.8 Å². The summed E-state index contributed by atoms with van der Waals surface area (Å²) in [6.45, 7) is 2.32.